The van der Waals surface area contributed by atoms with Gasteiger partial charge in [0, 0.05) is 13.1 Å². The number of likely N-dealkylation sites (tertiary alicyclic amines) is 1. The Hall–Kier alpha value is -0.620. The highest BCUT2D eigenvalue weighted by Crippen LogP contribution is 2.14. The molecule has 5 nitrogen and oxygen atoms in total. The molecule has 1 saturated heterocycles. The van der Waals surface area contributed by atoms with Gasteiger partial charge in [-0.3, -0.25) is 4.79 Å². The molecule has 1 rings (SSSR count). The molecule has 1 aliphatic rings. The van der Waals surface area contributed by atoms with E-state index in [4.69, 9.17) is 0 Å². The number of amides is 1. The minimum atomic E-state index is -3.34. The number of rotatable bonds is 6. The third-order valence-corrected chi connectivity index (χ3v) is 4.53. The van der Waals surface area contributed by atoms with Crippen LogP contribution in [0.4, 0.5) is 0 Å². The first-order valence-electron chi connectivity index (χ1n) is 6.64. The van der Waals surface area contributed by atoms with Crippen LogP contribution in [0.2, 0.25) is 0 Å². The molecule has 0 aromatic carbocycles. The molecule has 0 spiro atoms. The fraction of sp³-hybridized carbons (Fsp3) is 0.917. The topological polar surface area (TPSA) is 66.5 Å². The molecule has 0 aliphatic carbocycles. The Bertz CT molecular complexity index is 373. The Morgan fingerprint density at radius 2 is 1.83 bits per heavy atom. The van der Waals surface area contributed by atoms with Gasteiger partial charge in [-0.25, -0.2) is 13.1 Å². The van der Waals surface area contributed by atoms with E-state index >= 15 is 0 Å². The lowest BCUT2D eigenvalue weighted by Gasteiger charge is -2.24. The molecule has 0 saturated carbocycles. The van der Waals surface area contributed by atoms with Gasteiger partial charge in [0.15, 0.2) is 0 Å². The summed E-state index contributed by atoms with van der Waals surface area (Å²) in [6.45, 7) is 7.06. The van der Waals surface area contributed by atoms with Crippen LogP contribution in [-0.4, -0.2) is 44.1 Å². The predicted molar refractivity (Wildman–Crippen MR) is 71.7 cm³/mol. The molecule has 1 heterocycles. The molecule has 1 aliphatic heterocycles. The summed E-state index contributed by atoms with van der Waals surface area (Å²) in [5.41, 5.74) is 0. The molecule has 0 radical (unpaired) electrons. The van der Waals surface area contributed by atoms with E-state index in [1.54, 1.807) is 11.8 Å². The summed E-state index contributed by atoms with van der Waals surface area (Å²) in [4.78, 5) is 14.0. The van der Waals surface area contributed by atoms with Crippen molar-refractivity contribution in [3.63, 3.8) is 0 Å². The highest BCUT2D eigenvalue weighted by Gasteiger charge is 2.29. The Morgan fingerprint density at radius 3 is 2.28 bits per heavy atom. The van der Waals surface area contributed by atoms with E-state index in [0.29, 0.717) is 6.42 Å². The Morgan fingerprint density at radius 1 is 1.28 bits per heavy atom. The highest BCUT2D eigenvalue weighted by molar-refractivity contribution is 7.89. The third kappa shape index (κ3) is 4.57. The van der Waals surface area contributed by atoms with Crippen LogP contribution in [0.25, 0.3) is 0 Å². The van der Waals surface area contributed by atoms with Crippen molar-refractivity contribution in [3.8, 4) is 0 Å². The van der Waals surface area contributed by atoms with Gasteiger partial charge in [0.1, 0.15) is 6.04 Å². The molecular formula is C12H24N2O3S. The molecule has 1 fully saturated rings. The van der Waals surface area contributed by atoms with Gasteiger partial charge >= 0.3 is 0 Å². The number of nitrogens with one attached hydrogen (secondary N) is 1. The van der Waals surface area contributed by atoms with Crippen LogP contribution in [0, 0.1) is 5.92 Å². The summed E-state index contributed by atoms with van der Waals surface area (Å²) in [5, 5.41) is 0. The summed E-state index contributed by atoms with van der Waals surface area (Å²) in [6, 6.07) is -0.604. The van der Waals surface area contributed by atoms with Gasteiger partial charge in [0.25, 0.3) is 0 Å². The summed E-state index contributed by atoms with van der Waals surface area (Å²) in [7, 11) is -3.34. The maximum Gasteiger partial charge on any atom is 0.240 e. The summed E-state index contributed by atoms with van der Waals surface area (Å²) >= 11 is 0. The summed E-state index contributed by atoms with van der Waals surface area (Å²) in [6.07, 6.45) is 2.58. The van der Waals surface area contributed by atoms with Gasteiger partial charge in [0.2, 0.25) is 15.9 Å². The van der Waals surface area contributed by atoms with E-state index in [1.165, 1.54) is 0 Å². The zero-order valence-corrected chi connectivity index (χ0v) is 12.3. The van der Waals surface area contributed by atoms with Crippen molar-refractivity contribution in [3.05, 3.63) is 0 Å². The lowest BCUT2D eigenvalue weighted by atomic mass is 10.0. The predicted octanol–water partition coefficient (Wildman–Crippen LogP) is 0.963. The normalized spacial score (nSPS) is 18.3. The van der Waals surface area contributed by atoms with E-state index < -0.39 is 16.1 Å². The molecule has 1 N–H and O–H groups in total. The van der Waals surface area contributed by atoms with Crippen molar-refractivity contribution in [1.82, 2.24) is 9.62 Å². The summed E-state index contributed by atoms with van der Waals surface area (Å²) < 4.78 is 25.8. The quantitative estimate of drug-likeness (QED) is 0.786. The van der Waals surface area contributed by atoms with E-state index in [0.717, 1.165) is 25.9 Å². The molecule has 0 aromatic heterocycles. The van der Waals surface area contributed by atoms with Gasteiger partial charge in [-0.05, 0) is 32.1 Å². The van der Waals surface area contributed by atoms with Gasteiger partial charge in [0.05, 0.1) is 5.75 Å². The van der Waals surface area contributed by atoms with Crippen molar-refractivity contribution in [1.29, 1.82) is 0 Å². The first-order chi connectivity index (χ1) is 8.35. The monoisotopic (exact) mass is 276 g/mol. The lowest BCUT2D eigenvalue weighted by Crippen LogP contribution is -2.48. The second-order valence-corrected chi connectivity index (χ2v) is 7.28. The van der Waals surface area contributed by atoms with Crippen LogP contribution >= 0.6 is 0 Å². The first kappa shape index (κ1) is 15.4. The fourth-order valence-electron chi connectivity index (χ4n) is 2.13. The number of nitrogens with zero attached hydrogens (tertiary/aromatic N) is 1. The number of sulfonamides is 1. The first-order valence-corrected chi connectivity index (χ1v) is 8.29. The van der Waals surface area contributed by atoms with Gasteiger partial charge in [-0.2, -0.15) is 0 Å². The minimum absolute atomic E-state index is 0.00880. The molecule has 1 atom stereocenters. The molecule has 0 aromatic rings. The van der Waals surface area contributed by atoms with Crippen molar-refractivity contribution in [2.75, 3.05) is 18.8 Å². The van der Waals surface area contributed by atoms with E-state index in [1.807, 2.05) is 13.8 Å². The molecule has 6 heteroatoms. The Labute approximate surface area is 110 Å². The van der Waals surface area contributed by atoms with Gasteiger partial charge < -0.3 is 4.90 Å². The van der Waals surface area contributed by atoms with Crippen LogP contribution in [0.3, 0.4) is 0 Å². The molecule has 0 unspecified atom stereocenters. The van der Waals surface area contributed by atoms with Crippen LogP contribution in [0.5, 0.6) is 0 Å². The number of carbonyl (C=O) groups is 1. The van der Waals surface area contributed by atoms with Crippen molar-refractivity contribution >= 4 is 15.9 Å². The largest absolute Gasteiger partial charge is 0.341 e. The average molecular weight is 276 g/mol. The third-order valence-electron chi connectivity index (χ3n) is 3.12. The summed E-state index contributed by atoms with van der Waals surface area (Å²) in [5.74, 6) is 0.217. The smallest absolute Gasteiger partial charge is 0.240 e. The number of hydrogen-bond acceptors (Lipinski definition) is 3. The van der Waals surface area contributed by atoms with Crippen molar-refractivity contribution in [2.45, 2.75) is 46.1 Å². The zero-order valence-electron chi connectivity index (χ0n) is 11.5. The minimum Gasteiger partial charge on any atom is -0.341 e. The van der Waals surface area contributed by atoms with Crippen LogP contribution in [-0.2, 0) is 14.8 Å². The standard InChI is InChI=1S/C12H24N2O3S/c1-4-18(16,17)13-11(9-10(2)3)12(15)14-7-5-6-8-14/h10-11,13H,4-9H2,1-3H3/t11-/m0/s1. The van der Waals surface area contributed by atoms with Crippen LogP contribution in [0.1, 0.15) is 40.0 Å². The molecular weight excluding hydrogens is 252 g/mol. The van der Waals surface area contributed by atoms with Crippen molar-refractivity contribution in [2.24, 2.45) is 5.92 Å². The highest BCUT2D eigenvalue weighted by atomic mass is 32.2. The molecule has 1 amide bonds. The van der Waals surface area contributed by atoms with E-state index in [2.05, 4.69) is 4.72 Å². The van der Waals surface area contributed by atoms with Crippen molar-refractivity contribution < 1.29 is 13.2 Å². The maximum atomic E-state index is 12.3. The Balaban J connectivity index is 2.73. The SMILES string of the molecule is CCS(=O)(=O)N[C@@H](CC(C)C)C(=O)N1CCCC1. The molecule has 18 heavy (non-hydrogen) atoms. The molecule has 106 valence electrons. The van der Waals surface area contributed by atoms with Gasteiger partial charge in [-0.15, -0.1) is 0 Å². The maximum absolute atomic E-state index is 12.3. The second kappa shape index (κ2) is 6.52. The molecule has 0 bridgehead atoms. The van der Waals surface area contributed by atoms with E-state index in [-0.39, 0.29) is 17.6 Å². The number of carbonyl (C=O) groups excluding carboxylic acids is 1. The fourth-order valence-corrected chi connectivity index (χ4v) is 2.93. The van der Waals surface area contributed by atoms with Crippen LogP contribution < -0.4 is 4.72 Å². The van der Waals surface area contributed by atoms with Crippen LogP contribution in [0.15, 0.2) is 0 Å². The Kier molecular flexibility index (Phi) is 5.59. The number of hydrogen-bond donors (Lipinski definition) is 1. The lowest BCUT2D eigenvalue weighted by molar-refractivity contribution is -0.132. The second-order valence-electron chi connectivity index (χ2n) is 5.24. The van der Waals surface area contributed by atoms with E-state index in [9.17, 15) is 13.2 Å². The zero-order chi connectivity index (χ0) is 13.8. The van der Waals surface area contributed by atoms with Gasteiger partial charge in [-0.1, -0.05) is 13.8 Å². The average Bonchev–Trinajstić information content (AvgIpc) is 2.79.